The van der Waals surface area contributed by atoms with Gasteiger partial charge in [-0.15, -0.1) is 24.2 Å². The molecule has 0 spiro atoms. The zero-order valence-corrected chi connectivity index (χ0v) is 14.1. The number of nitrogens with two attached hydrogens (primary N) is 1. The van der Waals surface area contributed by atoms with Crippen molar-refractivity contribution in [1.82, 2.24) is 0 Å². The van der Waals surface area contributed by atoms with E-state index in [4.69, 9.17) is 26.8 Å². The minimum absolute atomic E-state index is 0.356. The molecule has 0 heterocycles. The lowest BCUT2D eigenvalue weighted by Crippen LogP contribution is -1.97. The fourth-order valence-electron chi connectivity index (χ4n) is 1.82. The van der Waals surface area contributed by atoms with E-state index >= 15 is 0 Å². The first-order chi connectivity index (χ1) is 10.6. The van der Waals surface area contributed by atoms with Crippen LogP contribution in [-0.4, -0.2) is 26.6 Å². The van der Waals surface area contributed by atoms with Gasteiger partial charge in [-0.3, -0.25) is 0 Å². The SMILES string of the molecule is COc1cccc(OC)c1-c1ccc(S)cc1F.NCCCl. The van der Waals surface area contributed by atoms with E-state index in [0.717, 1.165) is 0 Å². The van der Waals surface area contributed by atoms with Crippen LogP contribution in [0.25, 0.3) is 11.1 Å². The number of hydrogen-bond acceptors (Lipinski definition) is 4. The summed E-state index contributed by atoms with van der Waals surface area (Å²) >= 11 is 9.17. The van der Waals surface area contributed by atoms with E-state index in [1.165, 1.54) is 6.07 Å². The van der Waals surface area contributed by atoms with Crippen molar-refractivity contribution in [1.29, 1.82) is 0 Å². The molecule has 0 radical (unpaired) electrons. The third-order valence-corrected chi connectivity index (χ3v) is 3.26. The predicted octanol–water partition coefficient (Wildman–Crippen LogP) is 3.98. The highest BCUT2D eigenvalue weighted by molar-refractivity contribution is 7.80. The molecule has 0 bridgehead atoms. The highest BCUT2D eigenvalue weighted by Crippen LogP contribution is 2.39. The average Bonchev–Trinajstić information content (AvgIpc) is 2.54. The minimum atomic E-state index is -0.356. The molecule has 0 unspecified atom stereocenters. The second kappa shape index (κ2) is 9.56. The molecule has 0 fully saturated rings. The van der Waals surface area contributed by atoms with E-state index in [1.54, 1.807) is 44.6 Å². The van der Waals surface area contributed by atoms with Crippen LogP contribution in [0.15, 0.2) is 41.3 Å². The fraction of sp³-hybridized carbons (Fsp3) is 0.250. The summed E-state index contributed by atoms with van der Waals surface area (Å²) < 4.78 is 24.5. The molecule has 0 saturated heterocycles. The molecule has 0 aliphatic rings. The van der Waals surface area contributed by atoms with Crippen molar-refractivity contribution in [2.75, 3.05) is 26.6 Å². The first kappa shape index (κ1) is 18.6. The number of ether oxygens (including phenoxy) is 2. The number of methoxy groups -OCH3 is 2. The number of rotatable bonds is 4. The van der Waals surface area contributed by atoms with E-state index in [1.807, 2.05) is 0 Å². The van der Waals surface area contributed by atoms with Crippen molar-refractivity contribution in [3.05, 3.63) is 42.2 Å². The van der Waals surface area contributed by atoms with Crippen molar-refractivity contribution in [3.63, 3.8) is 0 Å². The summed E-state index contributed by atoms with van der Waals surface area (Å²) in [5.74, 6) is 1.35. The van der Waals surface area contributed by atoms with Crippen LogP contribution in [0.2, 0.25) is 0 Å². The Balaban J connectivity index is 0.000000541. The van der Waals surface area contributed by atoms with Gasteiger partial charge >= 0.3 is 0 Å². The van der Waals surface area contributed by atoms with Crippen LogP contribution in [-0.2, 0) is 0 Å². The van der Waals surface area contributed by atoms with Crippen molar-refractivity contribution in [2.24, 2.45) is 5.73 Å². The Labute approximate surface area is 140 Å². The molecule has 0 atom stereocenters. The van der Waals surface area contributed by atoms with Crippen molar-refractivity contribution < 1.29 is 13.9 Å². The van der Waals surface area contributed by atoms with Gasteiger partial charge in [0, 0.05) is 22.9 Å². The third kappa shape index (κ3) is 4.80. The van der Waals surface area contributed by atoms with Crippen LogP contribution in [0.5, 0.6) is 11.5 Å². The van der Waals surface area contributed by atoms with Crippen LogP contribution in [0.1, 0.15) is 0 Å². The molecule has 0 aromatic heterocycles. The molecule has 0 saturated carbocycles. The summed E-state index contributed by atoms with van der Waals surface area (Å²) in [7, 11) is 3.09. The Morgan fingerprint density at radius 2 is 1.68 bits per heavy atom. The molecule has 2 aromatic rings. The standard InChI is InChI=1S/C14H13FO2S.C2H6ClN/c1-16-12-4-3-5-13(17-2)14(12)10-7-6-9(18)8-11(10)15;3-1-2-4/h3-8,18H,1-2H3;1-2,4H2. The maximum atomic E-state index is 14.0. The van der Waals surface area contributed by atoms with Gasteiger partial charge in [-0.25, -0.2) is 4.39 Å². The highest BCUT2D eigenvalue weighted by atomic mass is 35.5. The van der Waals surface area contributed by atoms with E-state index in [0.29, 0.717) is 39.9 Å². The Bertz CT molecular complexity index is 586. The molecule has 6 heteroatoms. The summed E-state index contributed by atoms with van der Waals surface area (Å²) in [6.45, 7) is 0.585. The maximum absolute atomic E-state index is 14.0. The quantitative estimate of drug-likeness (QED) is 0.652. The van der Waals surface area contributed by atoms with Gasteiger partial charge in [-0.1, -0.05) is 12.1 Å². The smallest absolute Gasteiger partial charge is 0.132 e. The molecule has 2 N–H and O–H groups in total. The molecular formula is C16H19ClFNO2S. The van der Waals surface area contributed by atoms with Crippen LogP contribution >= 0.6 is 24.2 Å². The lowest BCUT2D eigenvalue weighted by atomic mass is 10.0. The fourth-order valence-corrected chi connectivity index (χ4v) is 2.01. The lowest BCUT2D eigenvalue weighted by molar-refractivity contribution is 0.397. The van der Waals surface area contributed by atoms with Crippen LogP contribution in [0, 0.1) is 5.82 Å². The zero-order chi connectivity index (χ0) is 16.5. The molecule has 120 valence electrons. The highest BCUT2D eigenvalue weighted by Gasteiger charge is 2.15. The molecule has 2 rings (SSSR count). The molecule has 22 heavy (non-hydrogen) atoms. The monoisotopic (exact) mass is 343 g/mol. The number of halogens is 2. The van der Waals surface area contributed by atoms with Crippen LogP contribution in [0.3, 0.4) is 0 Å². The first-order valence-corrected chi connectivity index (χ1v) is 7.53. The normalized spacial score (nSPS) is 9.73. The van der Waals surface area contributed by atoms with E-state index in [-0.39, 0.29) is 5.82 Å². The Kier molecular flexibility index (Phi) is 8.09. The van der Waals surface area contributed by atoms with Gasteiger partial charge in [0.25, 0.3) is 0 Å². The van der Waals surface area contributed by atoms with Crippen LogP contribution < -0.4 is 15.2 Å². The number of alkyl halides is 1. The first-order valence-electron chi connectivity index (χ1n) is 6.54. The van der Waals surface area contributed by atoms with E-state index in [9.17, 15) is 4.39 Å². The summed E-state index contributed by atoms with van der Waals surface area (Å²) in [6, 6.07) is 10.1. The van der Waals surface area contributed by atoms with Gasteiger partial charge in [-0.2, -0.15) is 0 Å². The second-order valence-electron chi connectivity index (χ2n) is 4.18. The molecule has 3 nitrogen and oxygen atoms in total. The number of benzene rings is 2. The molecule has 2 aromatic carbocycles. The summed E-state index contributed by atoms with van der Waals surface area (Å²) in [5.41, 5.74) is 5.93. The lowest BCUT2D eigenvalue weighted by Gasteiger charge is -2.13. The zero-order valence-electron chi connectivity index (χ0n) is 12.5. The van der Waals surface area contributed by atoms with Crippen molar-refractivity contribution >= 4 is 24.2 Å². The summed E-state index contributed by atoms with van der Waals surface area (Å²) in [6.07, 6.45) is 0. The molecule has 0 amide bonds. The summed E-state index contributed by atoms with van der Waals surface area (Å²) in [4.78, 5) is 0.574. The average molecular weight is 344 g/mol. The van der Waals surface area contributed by atoms with Crippen molar-refractivity contribution in [3.8, 4) is 22.6 Å². The van der Waals surface area contributed by atoms with Gasteiger partial charge in [-0.05, 0) is 24.3 Å². The van der Waals surface area contributed by atoms with Gasteiger partial charge in [0.15, 0.2) is 0 Å². The number of hydrogen-bond donors (Lipinski definition) is 2. The van der Waals surface area contributed by atoms with Gasteiger partial charge in [0.05, 0.1) is 19.8 Å². The largest absolute Gasteiger partial charge is 0.496 e. The predicted molar refractivity (Wildman–Crippen MR) is 92.0 cm³/mol. The molecule has 0 aliphatic carbocycles. The van der Waals surface area contributed by atoms with Gasteiger partial charge < -0.3 is 15.2 Å². The topological polar surface area (TPSA) is 44.5 Å². The van der Waals surface area contributed by atoms with E-state index in [2.05, 4.69) is 12.6 Å². The van der Waals surface area contributed by atoms with Crippen LogP contribution in [0.4, 0.5) is 4.39 Å². The third-order valence-electron chi connectivity index (χ3n) is 2.76. The Morgan fingerprint density at radius 3 is 2.09 bits per heavy atom. The van der Waals surface area contributed by atoms with Gasteiger partial charge in [0.2, 0.25) is 0 Å². The molecular weight excluding hydrogens is 325 g/mol. The van der Waals surface area contributed by atoms with E-state index < -0.39 is 0 Å². The summed E-state index contributed by atoms with van der Waals surface area (Å²) in [5, 5.41) is 0. The maximum Gasteiger partial charge on any atom is 0.132 e. The molecule has 0 aliphatic heterocycles. The minimum Gasteiger partial charge on any atom is -0.496 e. The Hall–Kier alpha value is -1.43. The number of thiol groups is 1. The second-order valence-corrected chi connectivity index (χ2v) is 5.07. The Morgan fingerprint density at radius 1 is 1.14 bits per heavy atom. The van der Waals surface area contributed by atoms with Gasteiger partial charge in [0.1, 0.15) is 17.3 Å². The van der Waals surface area contributed by atoms with Crippen molar-refractivity contribution in [2.45, 2.75) is 4.90 Å².